The Morgan fingerprint density at radius 2 is 2.15 bits per heavy atom. The largest absolute Gasteiger partial charge is 0.494 e. The van der Waals surface area contributed by atoms with E-state index in [1.165, 1.54) is 13.2 Å². The number of benzene rings is 1. The first-order valence-corrected chi connectivity index (χ1v) is 6.93. The maximum absolute atomic E-state index is 13.6. The molecule has 0 radical (unpaired) electrons. The zero-order valence-corrected chi connectivity index (χ0v) is 12.4. The molecule has 0 unspecified atom stereocenters. The van der Waals surface area contributed by atoms with Gasteiger partial charge in [0, 0.05) is 13.1 Å². The van der Waals surface area contributed by atoms with E-state index in [2.05, 4.69) is 12.2 Å². The van der Waals surface area contributed by atoms with Crippen molar-refractivity contribution in [1.29, 1.82) is 0 Å². The minimum atomic E-state index is -0.405. The van der Waals surface area contributed by atoms with Crippen LogP contribution in [0.15, 0.2) is 18.2 Å². The lowest BCUT2D eigenvalue weighted by atomic mass is 10.2. The Balaban J connectivity index is 2.63. The predicted octanol–water partition coefficient (Wildman–Crippen LogP) is 2.18. The molecule has 0 atom stereocenters. The topological polar surface area (TPSA) is 41.6 Å². The average Bonchev–Trinajstić information content (AvgIpc) is 2.45. The number of carbonyl (C=O) groups excluding carboxylic acids is 1. The van der Waals surface area contributed by atoms with Crippen molar-refractivity contribution < 1.29 is 13.9 Å². The van der Waals surface area contributed by atoms with Gasteiger partial charge in [-0.05, 0) is 37.6 Å². The minimum absolute atomic E-state index is 0.0252. The van der Waals surface area contributed by atoms with Crippen molar-refractivity contribution in [3.05, 3.63) is 29.6 Å². The second-order valence-electron chi connectivity index (χ2n) is 4.55. The Labute approximate surface area is 119 Å². The summed E-state index contributed by atoms with van der Waals surface area (Å²) in [5.74, 6) is -0.164. The molecule has 0 saturated carbocycles. The number of hydrogen-bond donors (Lipinski definition) is 1. The summed E-state index contributed by atoms with van der Waals surface area (Å²) in [5, 5.41) is 3.08. The van der Waals surface area contributed by atoms with Crippen molar-refractivity contribution >= 4 is 5.91 Å². The lowest BCUT2D eigenvalue weighted by molar-refractivity contribution is -0.130. The molecule has 112 valence electrons. The van der Waals surface area contributed by atoms with Gasteiger partial charge in [0.2, 0.25) is 5.91 Å². The van der Waals surface area contributed by atoms with E-state index in [0.717, 1.165) is 18.5 Å². The van der Waals surface area contributed by atoms with Crippen LogP contribution in [0.5, 0.6) is 5.75 Å². The van der Waals surface area contributed by atoms with Crippen LogP contribution in [-0.4, -0.2) is 37.6 Å². The third kappa shape index (κ3) is 4.81. The molecule has 5 heteroatoms. The van der Waals surface area contributed by atoms with E-state index in [-0.39, 0.29) is 11.7 Å². The number of halogens is 1. The van der Waals surface area contributed by atoms with Gasteiger partial charge in [-0.15, -0.1) is 0 Å². The molecule has 1 N–H and O–H groups in total. The molecule has 0 aliphatic heterocycles. The molecule has 4 nitrogen and oxygen atoms in total. The third-order valence-electron chi connectivity index (χ3n) is 3.03. The highest BCUT2D eigenvalue weighted by atomic mass is 19.1. The minimum Gasteiger partial charge on any atom is -0.494 e. The number of amides is 1. The molecule has 0 bridgehead atoms. The number of rotatable bonds is 8. The first-order valence-electron chi connectivity index (χ1n) is 6.93. The fourth-order valence-corrected chi connectivity index (χ4v) is 1.89. The van der Waals surface area contributed by atoms with Gasteiger partial charge in [0.05, 0.1) is 13.7 Å². The van der Waals surface area contributed by atoms with Crippen molar-refractivity contribution in [2.45, 2.75) is 26.8 Å². The average molecular weight is 282 g/mol. The molecule has 1 rings (SSSR count). The maximum Gasteiger partial charge on any atom is 0.236 e. The van der Waals surface area contributed by atoms with E-state index in [1.807, 2.05) is 6.92 Å². The van der Waals surface area contributed by atoms with Gasteiger partial charge in [-0.2, -0.15) is 0 Å². The first kappa shape index (κ1) is 16.4. The summed E-state index contributed by atoms with van der Waals surface area (Å²) in [6.07, 6.45) is 0.989. The predicted molar refractivity (Wildman–Crippen MR) is 77.2 cm³/mol. The molecule has 0 aliphatic carbocycles. The van der Waals surface area contributed by atoms with E-state index in [9.17, 15) is 9.18 Å². The summed E-state index contributed by atoms with van der Waals surface area (Å²) in [6.45, 7) is 6.11. The Kier molecular flexibility index (Phi) is 7.01. The Morgan fingerprint density at radius 1 is 1.40 bits per heavy atom. The number of nitrogens with one attached hydrogen (secondary N) is 1. The molecule has 1 aromatic rings. The van der Waals surface area contributed by atoms with Crippen molar-refractivity contribution in [2.24, 2.45) is 0 Å². The van der Waals surface area contributed by atoms with Gasteiger partial charge in [-0.25, -0.2) is 4.39 Å². The van der Waals surface area contributed by atoms with Gasteiger partial charge in [0.15, 0.2) is 11.6 Å². The van der Waals surface area contributed by atoms with Gasteiger partial charge >= 0.3 is 0 Å². The molecular formula is C15H23FN2O2. The smallest absolute Gasteiger partial charge is 0.236 e. The van der Waals surface area contributed by atoms with Crippen LogP contribution in [0.2, 0.25) is 0 Å². The molecule has 1 amide bonds. The van der Waals surface area contributed by atoms with E-state index in [1.54, 1.807) is 17.0 Å². The lowest BCUT2D eigenvalue weighted by Gasteiger charge is -2.21. The Hall–Kier alpha value is -1.62. The van der Waals surface area contributed by atoms with Gasteiger partial charge in [0.25, 0.3) is 0 Å². The van der Waals surface area contributed by atoms with E-state index >= 15 is 0 Å². The Bertz CT molecular complexity index is 438. The highest BCUT2D eigenvalue weighted by molar-refractivity contribution is 5.78. The van der Waals surface area contributed by atoms with Gasteiger partial charge < -0.3 is 15.0 Å². The Morgan fingerprint density at radius 3 is 2.70 bits per heavy atom. The molecule has 0 saturated heterocycles. The highest BCUT2D eigenvalue weighted by Crippen LogP contribution is 2.18. The summed E-state index contributed by atoms with van der Waals surface area (Å²) in [4.78, 5) is 13.7. The molecule has 0 aliphatic rings. The van der Waals surface area contributed by atoms with E-state index in [4.69, 9.17) is 4.74 Å². The molecule has 20 heavy (non-hydrogen) atoms. The van der Waals surface area contributed by atoms with Crippen LogP contribution in [0.1, 0.15) is 25.8 Å². The van der Waals surface area contributed by atoms with Crippen LogP contribution in [0.4, 0.5) is 4.39 Å². The van der Waals surface area contributed by atoms with Crippen LogP contribution in [0.3, 0.4) is 0 Å². The number of likely N-dealkylation sites (N-methyl/N-ethyl adjacent to an activating group) is 1. The van der Waals surface area contributed by atoms with E-state index in [0.29, 0.717) is 19.6 Å². The zero-order valence-electron chi connectivity index (χ0n) is 12.4. The number of ether oxygens (including phenoxy) is 1. The molecular weight excluding hydrogens is 259 g/mol. The third-order valence-corrected chi connectivity index (χ3v) is 3.03. The zero-order chi connectivity index (χ0) is 15.0. The summed E-state index contributed by atoms with van der Waals surface area (Å²) in [5.41, 5.74) is 0.758. The first-order chi connectivity index (χ1) is 9.62. The highest BCUT2D eigenvalue weighted by Gasteiger charge is 2.12. The van der Waals surface area contributed by atoms with Crippen molar-refractivity contribution in [3.8, 4) is 5.75 Å². The summed E-state index contributed by atoms with van der Waals surface area (Å²) in [6, 6.07) is 4.77. The lowest BCUT2D eigenvalue weighted by Crippen LogP contribution is -2.37. The van der Waals surface area contributed by atoms with E-state index < -0.39 is 5.82 Å². The van der Waals surface area contributed by atoms with Crippen molar-refractivity contribution in [3.63, 3.8) is 0 Å². The van der Waals surface area contributed by atoms with Crippen LogP contribution in [0, 0.1) is 5.82 Å². The fraction of sp³-hybridized carbons (Fsp3) is 0.533. The van der Waals surface area contributed by atoms with Crippen LogP contribution >= 0.6 is 0 Å². The fourth-order valence-electron chi connectivity index (χ4n) is 1.89. The van der Waals surface area contributed by atoms with Gasteiger partial charge in [-0.3, -0.25) is 4.79 Å². The normalized spacial score (nSPS) is 10.4. The van der Waals surface area contributed by atoms with Crippen LogP contribution in [0.25, 0.3) is 0 Å². The number of nitrogens with zero attached hydrogens (tertiary/aromatic N) is 1. The van der Waals surface area contributed by atoms with Crippen LogP contribution in [-0.2, 0) is 11.3 Å². The molecule has 0 spiro atoms. The number of carbonyl (C=O) groups is 1. The monoisotopic (exact) mass is 282 g/mol. The SMILES string of the molecule is CCCNCC(=O)N(CC)Cc1ccc(OC)c(F)c1. The number of methoxy groups -OCH3 is 1. The van der Waals surface area contributed by atoms with Gasteiger partial charge in [-0.1, -0.05) is 13.0 Å². The van der Waals surface area contributed by atoms with Gasteiger partial charge in [0.1, 0.15) is 0 Å². The molecule has 1 aromatic carbocycles. The van der Waals surface area contributed by atoms with Crippen molar-refractivity contribution in [1.82, 2.24) is 10.2 Å². The summed E-state index contributed by atoms with van der Waals surface area (Å²) in [7, 11) is 1.43. The second kappa shape index (κ2) is 8.53. The number of hydrogen-bond acceptors (Lipinski definition) is 3. The summed E-state index contributed by atoms with van der Waals surface area (Å²) < 4.78 is 18.5. The quantitative estimate of drug-likeness (QED) is 0.743. The molecule has 0 fully saturated rings. The maximum atomic E-state index is 13.6. The second-order valence-corrected chi connectivity index (χ2v) is 4.55. The molecule has 0 aromatic heterocycles. The standard InChI is InChI=1S/C15H23FN2O2/c1-4-8-17-10-15(19)18(5-2)11-12-6-7-14(20-3)13(16)9-12/h6-7,9,17H,4-5,8,10-11H2,1-3H3. The molecule has 0 heterocycles. The van der Waals surface area contributed by atoms with Crippen molar-refractivity contribution in [2.75, 3.05) is 26.7 Å². The summed E-state index contributed by atoms with van der Waals surface area (Å²) >= 11 is 0. The van der Waals surface area contributed by atoms with Crippen LogP contribution < -0.4 is 10.1 Å².